The number of halogens is 1. The third-order valence-electron chi connectivity index (χ3n) is 2.04. The van der Waals surface area contributed by atoms with Gasteiger partial charge < -0.3 is 5.11 Å². The monoisotopic (exact) mass is 207 g/mol. The van der Waals surface area contributed by atoms with Gasteiger partial charge in [-0.05, 0) is 17.7 Å². The zero-order valence-electron chi connectivity index (χ0n) is 7.12. The number of rotatable bonds is 1. The van der Waals surface area contributed by atoms with E-state index in [1.807, 2.05) is 6.07 Å². The Labute approximate surface area is 83.8 Å². The molecule has 1 aromatic carbocycles. The first-order valence-electron chi connectivity index (χ1n) is 3.97. The first-order chi connectivity index (χ1) is 6.76. The van der Waals surface area contributed by atoms with Crippen molar-refractivity contribution in [3.8, 4) is 6.07 Å². The van der Waals surface area contributed by atoms with E-state index in [4.69, 9.17) is 10.4 Å². The molecule has 2 rings (SSSR count). The zero-order valence-corrected chi connectivity index (χ0v) is 7.94. The van der Waals surface area contributed by atoms with Gasteiger partial charge in [0.1, 0.15) is 5.82 Å². The van der Waals surface area contributed by atoms with Crippen molar-refractivity contribution in [1.29, 1.82) is 5.26 Å². The average Bonchev–Trinajstić information content (AvgIpc) is 2.58. The van der Waals surface area contributed by atoms with Crippen molar-refractivity contribution < 1.29 is 9.50 Å². The first kappa shape index (κ1) is 9.13. The predicted octanol–water partition coefficient (Wildman–Crippen LogP) is 2.40. The van der Waals surface area contributed by atoms with Crippen LogP contribution in [0.3, 0.4) is 0 Å². The Morgan fingerprint density at radius 1 is 1.50 bits per heavy atom. The molecule has 0 atom stereocenters. The van der Waals surface area contributed by atoms with Crippen molar-refractivity contribution >= 4 is 21.4 Å². The van der Waals surface area contributed by atoms with Gasteiger partial charge in [0.2, 0.25) is 0 Å². The molecule has 0 aliphatic carbocycles. The van der Waals surface area contributed by atoms with Gasteiger partial charge in [0.25, 0.3) is 0 Å². The lowest BCUT2D eigenvalue weighted by Gasteiger charge is -1.99. The molecule has 4 heteroatoms. The number of benzene rings is 1. The van der Waals surface area contributed by atoms with Gasteiger partial charge in [0, 0.05) is 15.5 Å². The third kappa shape index (κ3) is 1.27. The molecule has 70 valence electrons. The molecule has 0 aliphatic rings. The molecule has 0 amide bonds. The summed E-state index contributed by atoms with van der Waals surface area (Å²) < 4.78 is 13.9. The number of nitrogens with zero attached hydrogens (tertiary/aromatic N) is 1. The van der Waals surface area contributed by atoms with Crippen LogP contribution in [0.5, 0.6) is 0 Å². The molecule has 2 aromatic rings. The van der Waals surface area contributed by atoms with Gasteiger partial charge >= 0.3 is 0 Å². The Kier molecular flexibility index (Phi) is 2.20. The molecule has 0 radical (unpaired) electrons. The molecular weight excluding hydrogens is 201 g/mol. The number of hydrogen-bond acceptors (Lipinski definition) is 3. The normalized spacial score (nSPS) is 10.4. The van der Waals surface area contributed by atoms with E-state index in [1.54, 1.807) is 6.07 Å². The highest BCUT2D eigenvalue weighted by Gasteiger charge is 2.08. The summed E-state index contributed by atoms with van der Waals surface area (Å²) in [6.45, 7) is -0.196. The maximum absolute atomic E-state index is 13.1. The van der Waals surface area contributed by atoms with Crippen molar-refractivity contribution in [3.05, 3.63) is 34.5 Å². The minimum Gasteiger partial charge on any atom is -0.392 e. The second-order valence-electron chi connectivity index (χ2n) is 2.86. The van der Waals surface area contributed by atoms with Crippen LogP contribution < -0.4 is 0 Å². The lowest BCUT2D eigenvalue weighted by atomic mass is 10.1. The summed E-state index contributed by atoms with van der Waals surface area (Å²) in [5.74, 6) is -0.314. The van der Waals surface area contributed by atoms with Gasteiger partial charge in [-0.2, -0.15) is 5.26 Å². The highest BCUT2D eigenvalue weighted by atomic mass is 32.1. The topological polar surface area (TPSA) is 44.0 Å². The lowest BCUT2D eigenvalue weighted by molar-refractivity contribution is 0.281. The van der Waals surface area contributed by atoms with Crippen LogP contribution in [0.25, 0.3) is 10.1 Å². The smallest absolute Gasteiger partial charge is 0.141 e. The lowest BCUT2D eigenvalue weighted by Crippen LogP contribution is -1.88. The van der Waals surface area contributed by atoms with E-state index in [1.165, 1.54) is 22.8 Å². The molecule has 0 bridgehead atoms. The van der Waals surface area contributed by atoms with Gasteiger partial charge in [0.15, 0.2) is 0 Å². The molecule has 14 heavy (non-hydrogen) atoms. The summed E-state index contributed by atoms with van der Waals surface area (Å²) in [6, 6.07) is 5.07. The Balaban J connectivity index is 2.79. The summed E-state index contributed by atoms with van der Waals surface area (Å²) in [7, 11) is 0. The van der Waals surface area contributed by atoms with Gasteiger partial charge in [-0.15, -0.1) is 11.3 Å². The fourth-order valence-corrected chi connectivity index (χ4v) is 2.17. The Morgan fingerprint density at radius 3 is 2.93 bits per heavy atom. The number of fused-ring (bicyclic) bond motifs is 1. The molecule has 1 heterocycles. The summed E-state index contributed by atoms with van der Waals surface area (Å²) in [5.41, 5.74) is 0.874. The summed E-state index contributed by atoms with van der Waals surface area (Å²) in [4.78, 5) is 0. The second-order valence-corrected chi connectivity index (χ2v) is 3.77. The number of hydrogen-bond donors (Lipinski definition) is 1. The molecule has 0 saturated carbocycles. The molecular formula is C10H6FNOS. The molecule has 2 nitrogen and oxygen atoms in total. The molecule has 0 saturated heterocycles. The first-order valence-corrected chi connectivity index (χ1v) is 4.85. The number of aliphatic hydroxyl groups excluding tert-OH is 1. The molecule has 1 N–H and O–H groups in total. The van der Waals surface area contributed by atoms with Crippen molar-refractivity contribution in [1.82, 2.24) is 0 Å². The van der Waals surface area contributed by atoms with Gasteiger partial charge in [0.05, 0.1) is 18.2 Å². The Bertz CT molecular complexity index is 527. The van der Waals surface area contributed by atoms with E-state index in [0.717, 1.165) is 4.70 Å². The second kappa shape index (κ2) is 3.37. The van der Waals surface area contributed by atoms with Crippen molar-refractivity contribution in [2.45, 2.75) is 6.61 Å². The van der Waals surface area contributed by atoms with Crippen molar-refractivity contribution in [2.75, 3.05) is 0 Å². The van der Waals surface area contributed by atoms with Crippen LogP contribution in [-0.2, 0) is 6.61 Å². The van der Waals surface area contributed by atoms with Crippen LogP contribution in [0.15, 0.2) is 17.5 Å². The van der Waals surface area contributed by atoms with Crippen molar-refractivity contribution in [3.63, 3.8) is 0 Å². The highest BCUT2D eigenvalue weighted by Crippen LogP contribution is 2.27. The van der Waals surface area contributed by atoms with E-state index >= 15 is 0 Å². The number of thiophene rings is 1. The van der Waals surface area contributed by atoms with Crippen molar-refractivity contribution in [2.24, 2.45) is 0 Å². The highest BCUT2D eigenvalue weighted by molar-refractivity contribution is 7.17. The fourth-order valence-electron chi connectivity index (χ4n) is 1.32. The van der Waals surface area contributed by atoms with Gasteiger partial charge in [-0.25, -0.2) is 4.39 Å². The van der Waals surface area contributed by atoms with Gasteiger partial charge in [-0.3, -0.25) is 0 Å². The summed E-state index contributed by atoms with van der Waals surface area (Å²) in [6.07, 6.45) is 0. The van der Waals surface area contributed by atoms with E-state index < -0.39 is 0 Å². The maximum Gasteiger partial charge on any atom is 0.141 e. The van der Waals surface area contributed by atoms with Gasteiger partial charge in [-0.1, -0.05) is 0 Å². The van der Waals surface area contributed by atoms with E-state index in [0.29, 0.717) is 16.5 Å². The van der Waals surface area contributed by atoms with Crippen LogP contribution in [0.1, 0.15) is 11.1 Å². The SMILES string of the molecule is N#Cc1cc2c(F)csc2cc1CO. The number of aliphatic hydroxyl groups is 1. The van der Waals surface area contributed by atoms with Crippen LogP contribution in [0, 0.1) is 17.1 Å². The van der Waals surface area contributed by atoms with Crippen LogP contribution >= 0.6 is 11.3 Å². The van der Waals surface area contributed by atoms with Crippen LogP contribution in [0.2, 0.25) is 0 Å². The number of nitriles is 1. The quantitative estimate of drug-likeness (QED) is 0.780. The largest absolute Gasteiger partial charge is 0.392 e. The Hall–Kier alpha value is -1.44. The predicted molar refractivity (Wildman–Crippen MR) is 52.4 cm³/mol. The zero-order chi connectivity index (χ0) is 10.1. The third-order valence-corrected chi connectivity index (χ3v) is 2.96. The van der Waals surface area contributed by atoms with Crippen LogP contribution in [-0.4, -0.2) is 5.11 Å². The molecule has 0 fully saturated rings. The maximum atomic E-state index is 13.1. The Morgan fingerprint density at radius 2 is 2.29 bits per heavy atom. The van der Waals surface area contributed by atoms with E-state index in [2.05, 4.69) is 0 Å². The van der Waals surface area contributed by atoms with Crippen LogP contribution in [0.4, 0.5) is 4.39 Å². The molecule has 0 aliphatic heterocycles. The van der Waals surface area contributed by atoms with E-state index in [-0.39, 0.29) is 12.4 Å². The molecule has 0 unspecified atom stereocenters. The summed E-state index contributed by atoms with van der Waals surface area (Å²) in [5, 5.41) is 19.6. The standard InChI is InChI=1S/C10H6FNOS/c11-9-5-14-10-2-7(4-13)6(3-12)1-8(9)10/h1-2,5,13H,4H2. The van der Waals surface area contributed by atoms with E-state index in [9.17, 15) is 4.39 Å². The minimum atomic E-state index is -0.314. The average molecular weight is 207 g/mol. The molecule has 1 aromatic heterocycles. The molecule has 0 spiro atoms. The summed E-state index contributed by atoms with van der Waals surface area (Å²) >= 11 is 1.27. The fraction of sp³-hybridized carbons (Fsp3) is 0.100. The minimum absolute atomic E-state index is 0.196.